The summed E-state index contributed by atoms with van der Waals surface area (Å²) < 4.78 is 32.0. The Balaban J connectivity index is 2.95. The molecule has 18 heavy (non-hydrogen) atoms. The summed E-state index contributed by atoms with van der Waals surface area (Å²) in [5.41, 5.74) is 0.809. The zero-order chi connectivity index (χ0) is 13.8. The summed E-state index contributed by atoms with van der Waals surface area (Å²) in [6.45, 7) is 5.73. The molecule has 0 fully saturated rings. The van der Waals surface area contributed by atoms with E-state index in [4.69, 9.17) is 4.74 Å². The van der Waals surface area contributed by atoms with E-state index in [9.17, 15) is 8.42 Å². The molecule has 0 aliphatic heterocycles. The van der Waals surface area contributed by atoms with E-state index < -0.39 is 10.0 Å². The molecule has 0 saturated heterocycles. The number of ether oxygens (including phenoxy) is 1. The maximum atomic E-state index is 12.1. The molecule has 4 nitrogen and oxygen atoms in total. The highest BCUT2D eigenvalue weighted by molar-refractivity contribution is 7.89. The van der Waals surface area contributed by atoms with Gasteiger partial charge < -0.3 is 4.74 Å². The van der Waals surface area contributed by atoms with E-state index in [1.165, 1.54) is 0 Å². The van der Waals surface area contributed by atoms with Crippen molar-refractivity contribution < 1.29 is 13.2 Å². The Kier molecular flexibility index (Phi) is 5.16. The highest BCUT2D eigenvalue weighted by Gasteiger charge is 2.17. The average Bonchev–Trinajstić information content (AvgIpc) is 2.28. The van der Waals surface area contributed by atoms with Crippen molar-refractivity contribution >= 4 is 10.0 Å². The van der Waals surface area contributed by atoms with Gasteiger partial charge >= 0.3 is 0 Å². The second-order valence-corrected chi connectivity index (χ2v) is 6.16. The second-order valence-electron chi connectivity index (χ2n) is 4.44. The minimum atomic E-state index is -3.43. The van der Waals surface area contributed by atoms with Crippen LogP contribution in [0, 0.1) is 6.92 Å². The number of hydrogen-bond donors (Lipinski definition) is 1. The summed E-state index contributed by atoms with van der Waals surface area (Å²) in [6.07, 6.45) is 1.78. The SMILES string of the molecule is CCC[C@H](C)NS(=O)(=O)c1ccc(OC)c(C)c1. The predicted octanol–water partition coefficient (Wildman–Crippen LogP) is 2.47. The van der Waals surface area contributed by atoms with E-state index in [-0.39, 0.29) is 10.9 Å². The van der Waals surface area contributed by atoms with E-state index in [0.29, 0.717) is 5.75 Å². The van der Waals surface area contributed by atoms with Gasteiger partial charge in [-0.3, -0.25) is 0 Å². The third kappa shape index (κ3) is 3.71. The molecular weight excluding hydrogens is 250 g/mol. The number of benzene rings is 1. The normalized spacial score (nSPS) is 13.3. The van der Waals surface area contributed by atoms with Crippen LogP contribution in [0.5, 0.6) is 5.75 Å². The molecule has 0 aliphatic rings. The third-order valence-electron chi connectivity index (χ3n) is 2.75. The van der Waals surface area contributed by atoms with Crippen LogP contribution in [0.15, 0.2) is 23.1 Å². The lowest BCUT2D eigenvalue weighted by atomic mass is 10.2. The van der Waals surface area contributed by atoms with Gasteiger partial charge in [0.05, 0.1) is 12.0 Å². The van der Waals surface area contributed by atoms with Gasteiger partial charge in [0.1, 0.15) is 5.75 Å². The van der Waals surface area contributed by atoms with Crippen molar-refractivity contribution in [3.05, 3.63) is 23.8 Å². The van der Waals surface area contributed by atoms with Crippen LogP contribution in [0.2, 0.25) is 0 Å². The largest absolute Gasteiger partial charge is 0.496 e. The number of rotatable bonds is 6. The quantitative estimate of drug-likeness (QED) is 0.864. The molecule has 1 rings (SSSR count). The summed E-state index contributed by atoms with van der Waals surface area (Å²) >= 11 is 0. The smallest absolute Gasteiger partial charge is 0.240 e. The van der Waals surface area contributed by atoms with Crippen LogP contribution in [0.1, 0.15) is 32.3 Å². The molecule has 1 aromatic rings. The first-order valence-corrected chi connectivity index (χ1v) is 7.56. The monoisotopic (exact) mass is 271 g/mol. The number of nitrogens with one attached hydrogen (secondary N) is 1. The summed E-state index contributed by atoms with van der Waals surface area (Å²) in [5.74, 6) is 0.690. The topological polar surface area (TPSA) is 55.4 Å². The van der Waals surface area contributed by atoms with Crippen LogP contribution < -0.4 is 9.46 Å². The van der Waals surface area contributed by atoms with Crippen LogP contribution >= 0.6 is 0 Å². The lowest BCUT2D eigenvalue weighted by Crippen LogP contribution is -2.32. The molecule has 0 bridgehead atoms. The van der Waals surface area contributed by atoms with E-state index >= 15 is 0 Å². The third-order valence-corrected chi connectivity index (χ3v) is 4.34. The van der Waals surface area contributed by atoms with Crippen molar-refractivity contribution in [2.75, 3.05) is 7.11 Å². The Morgan fingerprint density at radius 2 is 2.06 bits per heavy atom. The molecule has 0 amide bonds. The fourth-order valence-corrected chi connectivity index (χ4v) is 3.21. The fraction of sp³-hybridized carbons (Fsp3) is 0.538. The predicted molar refractivity (Wildman–Crippen MR) is 72.4 cm³/mol. The molecule has 0 saturated carbocycles. The average molecular weight is 271 g/mol. The van der Waals surface area contributed by atoms with E-state index in [2.05, 4.69) is 4.72 Å². The van der Waals surface area contributed by atoms with Gasteiger partial charge in [0.15, 0.2) is 0 Å². The van der Waals surface area contributed by atoms with Gasteiger partial charge in [0.2, 0.25) is 10.0 Å². The second kappa shape index (κ2) is 6.20. The summed E-state index contributed by atoms with van der Waals surface area (Å²) in [4.78, 5) is 0.281. The van der Waals surface area contributed by atoms with E-state index in [1.54, 1.807) is 25.3 Å². The van der Waals surface area contributed by atoms with Crippen molar-refractivity contribution in [3.8, 4) is 5.75 Å². The van der Waals surface area contributed by atoms with Crippen molar-refractivity contribution in [2.24, 2.45) is 0 Å². The first-order chi connectivity index (χ1) is 8.40. The van der Waals surface area contributed by atoms with Gasteiger partial charge in [0, 0.05) is 6.04 Å². The first kappa shape index (κ1) is 15.0. The molecule has 1 atom stereocenters. The zero-order valence-corrected chi connectivity index (χ0v) is 12.2. The Morgan fingerprint density at radius 1 is 1.39 bits per heavy atom. The van der Waals surface area contributed by atoms with Crippen LogP contribution in [0.3, 0.4) is 0 Å². The molecule has 0 heterocycles. The number of hydrogen-bond acceptors (Lipinski definition) is 3. The summed E-state index contributed by atoms with van der Waals surface area (Å²) in [5, 5.41) is 0. The highest BCUT2D eigenvalue weighted by Crippen LogP contribution is 2.21. The Hall–Kier alpha value is -1.07. The molecule has 0 aliphatic carbocycles. The molecule has 0 radical (unpaired) electrons. The van der Waals surface area contributed by atoms with Crippen molar-refractivity contribution in [1.82, 2.24) is 4.72 Å². The lowest BCUT2D eigenvalue weighted by molar-refractivity contribution is 0.411. The van der Waals surface area contributed by atoms with Crippen molar-refractivity contribution in [2.45, 2.75) is 44.6 Å². The van der Waals surface area contributed by atoms with Crippen molar-refractivity contribution in [1.29, 1.82) is 0 Å². The van der Waals surface area contributed by atoms with Crippen LogP contribution in [0.4, 0.5) is 0 Å². The van der Waals surface area contributed by atoms with Gasteiger partial charge in [-0.25, -0.2) is 13.1 Å². The van der Waals surface area contributed by atoms with Crippen LogP contribution in [0.25, 0.3) is 0 Å². The van der Waals surface area contributed by atoms with Crippen molar-refractivity contribution in [3.63, 3.8) is 0 Å². The highest BCUT2D eigenvalue weighted by atomic mass is 32.2. The standard InChI is InChI=1S/C13H21NO3S/c1-5-6-11(3)14-18(15,16)12-7-8-13(17-4)10(2)9-12/h7-9,11,14H,5-6H2,1-4H3/t11-/m0/s1. The van der Waals surface area contributed by atoms with Gasteiger partial charge in [0.25, 0.3) is 0 Å². The number of methoxy groups -OCH3 is 1. The van der Waals surface area contributed by atoms with Gasteiger partial charge in [-0.05, 0) is 44.0 Å². The summed E-state index contributed by atoms with van der Waals surface area (Å²) in [7, 11) is -1.87. The van der Waals surface area contributed by atoms with E-state index in [1.807, 2.05) is 20.8 Å². The Morgan fingerprint density at radius 3 is 2.56 bits per heavy atom. The molecule has 0 aromatic heterocycles. The summed E-state index contributed by atoms with van der Waals surface area (Å²) in [6, 6.07) is 4.81. The number of aryl methyl sites for hydroxylation is 1. The lowest BCUT2D eigenvalue weighted by Gasteiger charge is -2.14. The first-order valence-electron chi connectivity index (χ1n) is 6.07. The molecule has 1 N–H and O–H groups in total. The molecule has 0 unspecified atom stereocenters. The molecule has 5 heteroatoms. The minimum absolute atomic E-state index is 0.0533. The van der Waals surface area contributed by atoms with Crippen LogP contribution in [-0.2, 0) is 10.0 Å². The number of sulfonamides is 1. The van der Waals surface area contributed by atoms with Gasteiger partial charge in [-0.1, -0.05) is 13.3 Å². The van der Waals surface area contributed by atoms with E-state index in [0.717, 1.165) is 18.4 Å². The fourth-order valence-electron chi connectivity index (χ4n) is 1.84. The zero-order valence-electron chi connectivity index (χ0n) is 11.4. The Labute approximate surface area is 109 Å². The van der Waals surface area contributed by atoms with Gasteiger partial charge in [-0.2, -0.15) is 0 Å². The maximum absolute atomic E-state index is 12.1. The Bertz CT molecular complexity index is 497. The van der Waals surface area contributed by atoms with Gasteiger partial charge in [-0.15, -0.1) is 0 Å². The maximum Gasteiger partial charge on any atom is 0.240 e. The minimum Gasteiger partial charge on any atom is -0.496 e. The van der Waals surface area contributed by atoms with Crippen LogP contribution in [-0.4, -0.2) is 21.6 Å². The molecule has 0 spiro atoms. The molecular formula is C13H21NO3S. The molecule has 1 aromatic carbocycles. The molecule has 102 valence electrons.